The zero-order valence-electron chi connectivity index (χ0n) is 7.43. The van der Waals surface area contributed by atoms with Crippen molar-refractivity contribution in [3.8, 4) is 0 Å². The first-order chi connectivity index (χ1) is 6.18. The first kappa shape index (κ1) is 9.24. The summed E-state index contributed by atoms with van der Waals surface area (Å²) in [6.45, 7) is 3.30. The second-order valence-corrected chi connectivity index (χ2v) is 4.59. The Bertz CT molecular complexity index is 327. The van der Waals surface area contributed by atoms with Crippen LogP contribution < -0.4 is 4.90 Å². The number of anilines is 1. The monoisotopic (exact) mass is 291 g/mol. The molecule has 1 aliphatic rings. The lowest BCUT2D eigenvalue weighted by Gasteiger charge is -2.41. The molecule has 1 aromatic carbocycles. The van der Waals surface area contributed by atoms with Gasteiger partial charge in [-0.05, 0) is 54.1 Å². The van der Waals surface area contributed by atoms with Crippen molar-refractivity contribution in [3.05, 3.63) is 27.6 Å². The van der Waals surface area contributed by atoms with Gasteiger partial charge in [0.15, 0.2) is 0 Å². The van der Waals surface area contributed by atoms with Crippen molar-refractivity contribution in [1.29, 1.82) is 0 Å². The summed E-state index contributed by atoms with van der Waals surface area (Å²) in [5, 5.41) is 0. The maximum atomic E-state index is 12.8. The van der Waals surface area contributed by atoms with E-state index in [0.717, 1.165) is 10.1 Å². The van der Waals surface area contributed by atoms with Crippen LogP contribution in [0.25, 0.3) is 0 Å². The molecule has 1 nitrogen and oxygen atoms in total. The van der Waals surface area contributed by atoms with Gasteiger partial charge in [-0.25, -0.2) is 4.39 Å². The summed E-state index contributed by atoms with van der Waals surface area (Å²) >= 11 is 2.19. The van der Waals surface area contributed by atoms with Crippen molar-refractivity contribution in [3.63, 3.8) is 0 Å². The van der Waals surface area contributed by atoms with E-state index in [4.69, 9.17) is 0 Å². The highest BCUT2D eigenvalue weighted by molar-refractivity contribution is 14.1. The SMILES string of the molecule is CC1CCN1c1ccc(F)cc1I. The van der Waals surface area contributed by atoms with Crippen molar-refractivity contribution in [2.75, 3.05) is 11.4 Å². The first-order valence-electron chi connectivity index (χ1n) is 4.40. The number of hydrogen-bond acceptors (Lipinski definition) is 1. The van der Waals surface area contributed by atoms with Crippen molar-refractivity contribution >= 4 is 28.3 Å². The number of halogens is 2. The van der Waals surface area contributed by atoms with Crippen LogP contribution in [0, 0.1) is 9.39 Å². The maximum Gasteiger partial charge on any atom is 0.124 e. The largest absolute Gasteiger partial charge is 0.368 e. The average Bonchev–Trinajstić information content (AvgIpc) is 2.07. The van der Waals surface area contributed by atoms with Crippen LogP contribution in [0.1, 0.15) is 13.3 Å². The minimum Gasteiger partial charge on any atom is -0.368 e. The van der Waals surface area contributed by atoms with Crippen LogP contribution in [0.4, 0.5) is 10.1 Å². The number of rotatable bonds is 1. The molecule has 1 heterocycles. The Balaban J connectivity index is 2.30. The zero-order valence-corrected chi connectivity index (χ0v) is 9.58. The van der Waals surface area contributed by atoms with Gasteiger partial charge >= 0.3 is 0 Å². The number of nitrogens with zero attached hydrogens (tertiary/aromatic N) is 1. The molecule has 0 aliphatic carbocycles. The summed E-state index contributed by atoms with van der Waals surface area (Å²) in [4.78, 5) is 2.31. The van der Waals surface area contributed by atoms with Crippen molar-refractivity contribution < 1.29 is 4.39 Å². The van der Waals surface area contributed by atoms with Gasteiger partial charge in [-0.3, -0.25) is 0 Å². The molecule has 0 radical (unpaired) electrons. The van der Waals surface area contributed by atoms with Crippen LogP contribution in [-0.2, 0) is 0 Å². The molecule has 0 bridgehead atoms. The molecular weight excluding hydrogens is 280 g/mol. The molecule has 0 saturated carbocycles. The van der Waals surface area contributed by atoms with Gasteiger partial charge < -0.3 is 4.90 Å². The smallest absolute Gasteiger partial charge is 0.124 e. The molecule has 1 atom stereocenters. The van der Waals surface area contributed by atoms with Gasteiger partial charge in [0, 0.05) is 16.2 Å². The second-order valence-electron chi connectivity index (χ2n) is 3.43. The third kappa shape index (κ3) is 1.66. The van der Waals surface area contributed by atoms with E-state index in [0.29, 0.717) is 6.04 Å². The van der Waals surface area contributed by atoms with Gasteiger partial charge in [0.25, 0.3) is 0 Å². The highest BCUT2D eigenvalue weighted by Crippen LogP contribution is 2.30. The Hall–Kier alpha value is -0.320. The Morgan fingerprint density at radius 3 is 2.77 bits per heavy atom. The molecule has 1 fully saturated rings. The van der Waals surface area contributed by atoms with E-state index in [1.54, 1.807) is 6.07 Å². The van der Waals surface area contributed by atoms with E-state index in [1.165, 1.54) is 18.2 Å². The molecule has 1 saturated heterocycles. The van der Waals surface area contributed by atoms with Gasteiger partial charge in [0.2, 0.25) is 0 Å². The van der Waals surface area contributed by atoms with Crippen LogP contribution in [-0.4, -0.2) is 12.6 Å². The van der Waals surface area contributed by atoms with E-state index in [-0.39, 0.29) is 5.82 Å². The van der Waals surface area contributed by atoms with Crippen molar-refractivity contribution in [2.24, 2.45) is 0 Å². The summed E-state index contributed by atoms with van der Waals surface area (Å²) in [5.41, 5.74) is 1.17. The lowest BCUT2D eigenvalue weighted by Crippen LogP contribution is -2.46. The quantitative estimate of drug-likeness (QED) is 0.719. The highest BCUT2D eigenvalue weighted by Gasteiger charge is 2.24. The molecule has 1 aromatic rings. The molecule has 1 unspecified atom stereocenters. The molecule has 13 heavy (non-hydrogen) atoms. The maximum absolute atomic E-state index is 12.8. The van der Waals surface area contributed by atoms with Crippen molar-refractivity contribution in [1.82, 2.24) is 0 Å². The van der Waals surface area contributed by atoms with Crippen molar-refractivity contribution in [2.45, 2.75) is 19.4 Å². The van der Waals surface area contributed by atoms with Gasteiger partial charge in [0.1, 0.15) is 5.82 Å². The minimum atomic E-state index is -0.152. The summed E-state index contributed by atoms with van der Waals surface area (Å²) in [7, 11) is 0. The average molecular weight is 291 g/mol. The van der Waals surface area contributed by atoms with Crippen LogP contribution in [0.3, 0.4) is 0 Å². The third-order valence-electron chi connectivity index (χ3n) is 2.54. The second kappa shape index (κ2) is 3.44. The summed E-state index contributed by atoms with van der Waals surface area (Å²) in [6.07, 6.45) is 1.24. The van der Waals surface area contributed by atoms with Crippen LogP contribution >= 0.6 is 22.6 Å². The Morgan fingerprint density at radius 2 is 2.31 bits per heavy atom. The van der Waals surface area contributed by atoms with E-state index < -0.39 is 0 Å². The molecule has 0 aromatic heterocycles. The number of benzene rings is 1. The standard InChI is InChI=1S/C10H11FIN/c1-7-4-5-13(7)10-3-2-8(11)6-9(10)12/h2-3,6-7H,4-5H2,1H3. The van der Waals surface area contributed by atoms with Gasteiger partial charge in [-0.2, -0.15) is 0 Å². The predicted molar refractivity (Wildman–Crippen MR) is 60.5 cm³/mol. The molecule has 3 heteroatoms. The van der Waals surface area contributed by atoms with Crippen LogP contribution in [0.2, 0.25) is 0 Å². The summed E-state index contributed by atoms with van der Waals surface area (Å²) < 4.78 is 13.8. The molecule has 2 rings (SSSR count). The molecule has 70 valence electrons. The van der Waals surface area contributed by atoms with Crippen LogP contribution in [0.5, 0.6) is 0 Å². The van der Waals surface area contributed by atoms with Gasteiger partial charge in [-0.15, -0.1) is 0 Å². The Kier molecular flexibility index (Phi) is 2.45. The number of hydrogen-bond donors (Lipinski definition) is 0. The lowest BCUT2D eigenvalue weighted by atomic mass is 10.0. The van der Waals surface area contributed by atoms with E-state index in [2.05, 4.69) is 34.4 Å². The van der Waals surface area contributed by atoms with E-state index >= 15 is 0 Å². The predicted octanol–water partition coefficient (Wildman–Crippen LogP) is 3.03. The fourth-order valence-electron chi connectivity index (χ4n) is 1.59. The molecular formula is C10H11FIN. The Morgan fingerprint density at radius 1 is 1.54 bits per heavy atom. The summed E-state index contributed by atoms with van der Waals surface area (Å²) in [6, 6.07) is 5.59. The molecule has 0 spiro atoms. The molecule has 0 amide bonds. The zero-order chi connectivity index (χ0) is 9.42. The minimum absolute atomic E-state index is 0.152. The fourth-order valence-corrected chi connectivity index (χ4v) is 2.38. The first-order valence-corrected chi connectivity index (χ1v) is 5.48. The fraction of sp³-hybridized carbons (Fsp3) is 0.400. The normalized spacial score (nSPS) is 21.5. The molecule has 0 N–H and O–H groups in total. The van der Waals surface area contributed by atoms with Gasteiger partial charge in [-0.1, -0.05) is 0 Å². The highest BCUT2D eigenvalue weighted by atomic mass is 127. The van der Waals surface area contributed by atoms with E-state index in [1.807, 2.05) is 6.07 Å². The topological polar surface area (TPSA) is 3.24 Å². The van der Waals surface area contributed by atoms with Crippen LogP contribution in [0.15, 0.2) is 18.2 Å². The molecule has 1 aliphatic heterocycles. The Labute approximate surface area is 91.1 Å². The lowest BCUT2D eigenvalue weighted by molar-refractivity contribution is 0.480. The van der Waals surface area contributed by atoms with E-state index in [9.17, 15) is 4.39 Å². The van der Waals surface area contributed by atoms with Gasteiger partial charge in [0.05, 0.1) is 5.69 Å². The third-order valence-corrected chi connectivity index (χ3v) is 3.40. The summed E-state index contributed by atoms with van der Waals surface area (Å²) in [5.74, 6) is -0.152.